The smallest absolute Gasteiger partial charge is 0.163 e. The van der Waals surface area contributed by atoms with Gasteiger partial charge in [-0.05, 0) is 19.9 Å². The minimum absolute atomic E-state index is 0.0513. The lowest BCUT2D eigenvalue weighted by atomic mass is 10.2. The number of hydrogen-bond acceptors (Lipinski definition) is 5. The van der Waals surface area contributed by atoms with Gasteiger partial charge in [0.25, 0.3) is 0 Å². The summed E-state index contributed by atoms with van der Waals surface area (Å²) < 4.78 is 16.2. The molecule has 2 N–H and O–H groups in total. The first-order chi connectivity index (χ1) is 9.00. The Morgan fingerprint density at radius 3 is 2.84 bits per heavy atom. The highest BCUT2D eigenvalue weighted by molar-refractivity contribution is 5.39. The summed E-state index contributed by atoms with van der Waals surface area (Å²) >= 11 is 0. The molecule has 1 atom stereocenters. The molecular weight excluding hydrogens is 246 g/mol. The van der Waals surface area contributed by atoms with E-state index in [0.29, 0.717) is 25.4 Å². The number of rotatable bonds is 5. The van der Waals surface area contributed by atoms with E-state index in [4.69, 9.17) is 14.2 Å². The van der Waals surface area contributed by atoms with Gasteiger partial charge in [-0.2, -0.15) is 0 Å². The van der Waals surface area contributed by atoms with E-state index in [1.165, 1.54) is 0 Å². The fourth-order valence-corrected chi connectivity index (χ4v) is 2.05. The van der Waals surface area contributed by atoms with Crippen molar-refractivity contribution in [2.75, 3.05) is 20.3 Å². The van der Waals surface area contributed by atoms with Gasteiger partial charge in [0.05, 0.1) is 19.8 Å². The van der Waals surface area contributed by atoms with Crippen LogP contribution in [0.2, 0.25) is 0 Å². The molecule has 1 fully saturated rings. The number of aromatic hydroxyl groups is 1. The standard InChI is InChI=1S/C14H21NO4/c1-14(2)18-9-12(19-14)8-15-7-10-4-5-11(17-3)6-13(10)16/h4-6,12,15-16H,7-9H2,1-3H3. The molecule has 0 bridgehead atoms. The predicted molar refractivity (Wildman–Crippen MR) is 71.3 cm³/mol. The molecule has 19 heavy (non-hydrogen) atoms. The second-order valence-electron chi connectivity index (χ2n) is 5.08. The average Bonchev–Trinajstić information content (AvgIpc) is 2.71. The number of hydrogen-bond donors (Lipinski definition) is 2. The molecule has 1 aliphatic heterocycles. The molecule has 0 saturated carbocycles. The van der Waals surface area contributed by atoms with Crippen molar-refractivity contribution in [2.45, 2.75) is 32.3 Å². The first kappa shape index (κ1) is 14.1. The van der Waals surface area contributed by atoms with Crippen molar-refractivity contribution < 1.29 is 19.3 Å². The zero-order valence-electron chi connectivity index (χ0n) is 11.6. The molecule has 0 radical (unpaired) electrons. The van der Waals surface area contributed by atoms with Crippen molar-refractivity contribution in [3.63, 3.8) is 0 Å². The minimum Gasteiger partial charge on any atom is -0.507 e. The van der Waals surface area contributed by atoms with Crippen molar-refractivity contribution in [2.24, 2.45) is 0 Å². The topological polar surface area (TPSA) is 60.0 Å². The van der Waals surface area contributed by atoms with Crippen LogP contribution in [0.5, 0.6) is 11.5 Å². The lowest BCUT2D eigenvalue weighted by molar-refractivity contribution is -0.137. The molecule has 106 valence electrons. The van der Waals surface area contributed by atoms with Gasteiger partial charge in [-0.1, -0.05) is 6.07 Å². The van der Waals surface area contributed by atoms with E-state index in [-0.39, 0.29) is 11.9 Å². The van der Waals surface area contributed by atoms with Gasteiger partial charge in [0.2, 0.25) is 0 Å². The van der Waals surface area contributed by atoms with Crippen LogP contribution in [0.3, 0.4) is 0 Å². The highest BCUT2D eigenvalue weighted by atomic mass is 16.7. The van der Waals surface area contributed by atoms with E-state index < -0.39 is 5.79 Å². The van der Waals surface area contributed by atoms with Crippen LogP contribution in [0.1, 0.15) is 19.4 Å². The first-order valence-corrected chi connectivity index (χ1v) is 6.38. The van der Waals surface area contributed by atoms with Crippen LogP contribution in [-0.2, 0) is 16.0 Å². The lowest BCUT2D eigenvalue weighted by Gasteiger charge is -2.17. The van der Waals surface area contributed by atoms with E-state index in [1.54, 1.807) is 13.2 Å². The van der Waals surface area contributed by atoms with Crippen LogP contribution in [-0.4, -0.2) is 37.3 Å². The molecule has 5 nitrogen and oxygen atoms in total. The van der Waals surface area contributed by atoms with E-state index >= 15 is 0 Å². The molecule has 1 aromatic rings. The molecule has 2 rings (SSSR count). The zero-order valence-corrected chi connectivity index (χ0v) is 11.6. The van der Waals surface area contributed by atoms with Gasteiger partial charge < -0.3 is 24.6 Å². The fraction of sp³-hybridized carbons (Fsp3) is 0.571. The van der Waals surface area contributed by atoms with E-state index in [9.17, 15) is 5.11 Å². The molecule has 1 unspecified atom stereocenters. The van der Waals surface area contributed by atoms with Crippen molar-refractivity contribution in [1.29, 1.82) is 0 Å². The van der Waals surface area contributed by atoms with Crippen LogP contribution in [0.15, 0.2) is 18.2 Å². The maximum atomic E-state index is 9.82. The van der Waals surface area contributed by atoms with Crippen molar-refractivity contribution in [3.8, 4) is 11.5 Å². The molecule has 1 aromatic carbocycles. The Morgan fingerprint density at radius 2 is 2.26 bits per heavy atom. The van der Waals surface area contributed by atoms with Gasteiger partial charge in [0.1, 0.15) is 11.5 Å². The van der Waals surface area contributed by atoms with E-state index in [0.717, 1.165) is 5.56 Å². The summed E-state index contributed by atoms with van der Waals surface area (Å²) in [5, 5.41) is 13.1. The molecule has 0 spiro atoms. The normalized spacial score (nSPS) is 21.5. The number of benzene rings is 1. The second-order valence-corrected chi connectivity index (χ2v) is 5.08. The van der Waals surface area contributed by atoms with Crippen LogP contribution in [0.25, 0.3) is 0 Å². The maximum absolute atomic E-state index is 9.82. The van der Waals surface area contributed by atoms with Gasteiger partial charge in [-0.25, -0.2) is 0 Å². The van der Waals surface area contributed by atoms with Crippen molar-refractivity contribution in [3.05, 3.63) is 23.8 Å². The summed E-state index contributed by atoms with van der Waals surface area (Å²) in [6, 6.07) is 5.28. The van der Waals surface area contributed by atoms with Gasteiger partial charge in [-0.3, -0.25) is 0 Å². The Balaban J connectivity index is 1.80. The summed E-state index contributed by atoms with van der Waals surface area (Å²) in [4.78, 5) is 0. The quantitative estimate of drug-likeness (QED) is 0.849. The number of methoxy groups -OCH3 is 1. The van der Waals surface area contributed by atoms with Crippen LogP contribution < -0.4 is 10.1 Å². The number of phenols is 1. The molecule has 1 heterocycles. The third-order valence-corrected chi connectivity index (χ3v) is 3.05. The fourth-order valence-electron chi connectivity index (χ4n) is 2.05. The van der Waals surface area contributed by atoms with E-state index in [1.807, 2.05) is 26.0 Å². The van der Waals surface area contributed by atoms with Crippen LogP contribution in [0.4, 0.5) is 0 Å². The van der Waals surface area contributed by atoms with Gasteiger partial charge in [0.15, 0.2) is 5.79 Å². The zero-order chi connectivity index (χ0) is 13.9. The Bertz CT molecular complexity index is 433. The Kier molecular flexibility index (Phi) is 4.29. The molecule has 0 amide bonds. The monoisotopic (exact) mass is 267 g/mol. The number of nitrogens with one attached hydrogen (secondary N) is 1. The summed E-state index contributed by atoms with van der Waals surface area (Å²) in [5.41, 5.74) is 0.832. The Morgan fingerprint density at radius 1 is 1.47 bits per heavy atom. The van der Waals surface area contributed by atoms with Crippen LogP contribution >= 0.6 is 0 Å². The second kappa shape index (κ2) is 5.77. The van der Waals surface area contributed by atoms with E-state index in [2.05, 4.69) is 5.32 Å². The lowest BCUT2D eigenvalue weighted by Crippen LogP contribution is -2.30. The molecule has 0 aromatic heterocycles. The Labute approximate surface area is 113 Å². The first-order valence-electron chi connectivity index (χ1n) is 6.38. The number of ether oxygens (including phenoxy) is 3. The summed E-state index contributed by atoms with van der Waals surface area (Å²) in [5.74, 6) is 0.389. The number of phenolic OH excluding ortho intramolecular Hbond substituents is 1. The average molecular weight is 267 g/mol. The maximum Gasteiger partial charge on any atom is 0.163 e. The minimum atomic E-state index is -0.491. The molecule has 1 aliphatic rings. The molecular formula is C14H21NO4. The summed E-state index contributed by atoms with van der Waals surface area (Å²) in [6.45, 7) is 5.67. The van der Waals surface area contributed by atoms with Crippen LogP contribution in [0, 0.1) is 0 Å². The predicted octanol–water partition coefficient (Wildman–Crippen LogP) is 1.64. The largest absolute Gasteiger partial charge is 0.507 e. The highest BCUT2D eigenvalue weighted by Crippen LogP contribution is 2.24. The van der Waals surface area contributed by atoms with Gasteiger partial charge in [0, 0.05) is 24.7 Å². The van der Waals surface area contributed by atoms with Crippen molar-refractivity contribution in [1.82, 2.24) is 5.32 Å². The van der Waals surface area contributed by atoms with Gasteiger partial charge >= 0.3 is 0 Å². The summed E-state index contributed by atoms with van der Waals surface area (Å²) in [6.07, 6.45) is 0.0513. The molecule has 1 saturated heterocycles. The van der Waals surface area contributed by atoms with Crippen molar-refractivity contribution >= 4 is 0 Å². The van der Waals surface area contributed by atoms with Gasteiger partial charge in [-0.15, -0.1) is 0 Å². The Hall–Kier alpha value is -1.30. The molecule has 0 aliphatic carbocycles. The third-order valence-electron chi connectivity index (χ3n) is 3.05. The molecule has 5 heteroatoms. The highest BCUT2D eigenvalue weighted by Gasteiger charge is 2.32. The SMILES string of the molecule is COc1ccc(CNCC2COC(C)(C)O2)c(O)c1. The third kappa shape index (κ3) is 3.83. The summed E-state index contributed by atoms with van der Waals surface area (Å²) in [7, 11) is 1.58.